The van der Waals surface area contributed by atoms with Gasteiger partial charge in [0.25, 0.3) is 0 Å². The van der Waals surface area contributed by atoms with Crippen molar-refractivity contribution in [1.82, 2.24) is 9.78 Å². The summed E-state index contributed by atoms with van der Waals surface area (Å²) in [6.45, 7) is 5.04. The van der Waals surface area contributed by atoms with Crippen LogP contribution in [0.1, 0.15) is 37.6 Å². The summed E-state index contributed by atoms with van der Waals surface area (Å²) < 4.78 is 29.0. The fourth-order valence-electron chi connectivity index (χ4n) is 2.85. The molecule has 1 aliphatic rings. The molecule has 0 saturated heterocycles. The third-order valence-electron chi connectivity index (χ3n) is 3.74. The first-order valence-corrected chi connectivity index (χ1v) is 7.32. The lowest BCUT2D eigenvalue weighted by molar-refractivity contribution is 0.450. The average Bonchev–Trinajstić information content (AvgIpc) is 2.80. The van der Waals surface area contributed by atoms with Gasteiger partial charge in [-0.05, 0) is 24.8 Å². The predicted molar refractivity (Wildman–Crippen MR) is 78.4 cm³/mol. The summed E-state index contributed by atoms with van der Waals surface area (Å²) in [7, 11) is 0. The monoisotopic (exact) mass is 291 g/mol. The second-order valence-corrected chi connectivity index (χ2v) is 5.96. The number of halogens is 2. The van der Waals surface area contributed by atoms with Crippen molar-refractivity contribution in [2.45, 2.75) is 32.7 Å². The molecule has 1 unspecified atom stereocenters. The van der Waals surface area contributed by atoms with Crippen molar-refractivity contribution < 1.29 is 8.78 Å². The van der Waals surface area contributed by atoms with Crippen LogP contribution in [0.25, 0.3) is 0 Å². The summed E-state index contributed by atoms with van der Waals surface area (Å²) in [5.74, 6) is 0.369. The van der Waals surface area contributed by atoms with Gasteiger partial charge in [-0.3, -0.25) is 0 Å². The summed E-state index contributed by atoms with van der Waals surface area (Å²) >= 11 is 0. The zero-order valence-corrected chi connectivity index (χ0v) is 12.2. The number of aromatic nitrogens is 2. The van der Waals surface area contributed by atoms with Crippen LogP contribution in [0.5, 0.6) is 0 Å². The molecule has 5 heteroatoms. The fourth-order valence-corrected chi connectivity index (χ4v) is 2.85. The minimum atomic E-state index is -0.550. The molecule has 2 aromatic rings. The van der Waals surface area contributed by atoms with Crippen LogP contribution < -0.4 is 5.32 Å². The highest BCUT2D eigenvalue weighted by Crippen LogP contribution is 2.31. The minimum absolute atomic E-state index is 0.178. The number of fused-ring (bicyclic) bond motifs is 1. The highest BCUT2D eigenvalue weighted by molar-refractivity contribution is 5.41. The Morgan fingerprint density at radius 1 is 1.33 bits per heavy atom. The van der Waals surface area contributed by atoms with Gasteiger partial charge in [0.2, 0.25) is 0 Å². The number of nitrogens with one attached hydrogen (secondary N) is 1. The van der Waals surface area contributed by atoms with Crippen molar-refractivity contribution in [3.8, 4) is 0 Å². The average molecular weight is 291 g/mol. The van der Waals surface area contributed by atoms with Crippen molar-refractivity contribution in [3.05, 3.63) is 47.2 Å². The van der Waals surface area contributed by atoms with Gasteiger partial charge in [0.05, 0.1) is 11.7 Å². The smallest absolute Gasteiger partial charge is 0.131 e. The lowest BCUT2D eigenvalue weighted by Crippen LogP contribution is -2.25. The molecule has 1 N–H and O–H groups in total. The molecule has 1 aromatic heterocycles. The molecule has 0 radical (unpaired) electrons. The Kier molecular flexibility index (Phi) is 3.66. The van der Waals surface area contributed by atoms with Crippen LogP contribution in [0.2, 0.25) is 0 Å². The van der Waals surface area contributed by atoms with Gasteiger partial charge in [0.15, 0.2) is 0 Å². The summed E-state index contributed by atoms with van der Waals surface area (Å²) in [5.41, 5.74) is 1.50. The van der Waals surface area contributed by atoms with E-state index in [1.54, 1.807) is 0 Å². The summed E-state index contributed by atoms with van der Waals surface area (Å²) in [6, 6.07) is 5.61. The van der Waals surface area contributed by atoms with Crippen molar-refractivity contribution in [2.75, 3.05) is 11.9 Å². The molecule has 1 atom stereocenters. The van der Waals surface area contributed by atoms with E-state index < -0.39 is 11.6 Å². The van der Waals surface area contributed by atoms with Gasteiger partial charge in [0, 0.05) is 24.2 Å². The van der Waals surface area contributed by atoms with E-state index in [4.69, 9.17) is 0 Å². The molecule has 1 aromatic carbocycles. The molecule has 21 heavy (non-hydrogen) atoms. The van der Waals surface area contributed by atoms with Crippen LogP contribution in [-0.4, -0.2) is 16.3 Å². The highest BCUT2D eigenvalue weighted by atomic mass is 19.1. The molecule has 0 aliphatic carbocycles. The van der Waals surface area contributed by atoms with E-state index in [9.17, 15) is 8.78 Å². The maximum absolute atomic E-state index is 14.0. The van der Waals surface area contributed by atoms with Crippen molar-refractivity contribution in [1.29, 1.82) is 0 Å². The van der Waals surface area contributed by atoms with E-state index in [0.717, 1.165) is 37.0 Å². The standard InChI is InChI=1S/C16H19F2N3/c1-10(2)7-12-9-16-19-6-5-15(21(16)20-12)13-4-3-11(17)8-14(13)18/h3-4,8-10,15,19H,5-7H2,1-2H3. The summed E-state index contributed by atoms with van der Waals surface area (Å²) in [6.07, 6.45) is 1.62. The second-order valence-electron chi connectivity index (χ2n) is 5.96. The minimum Gasteiger partial charge on any atom is -0.370 e. The molecule has 2 heterocycles. The number of hydrogen-bond acceptors (Lipinski definition) is 2. The highest BCUT2D eigenvalue weighted by Gasteiger charge is 2.25. The second kappa shape index (κ2) is 5.47. The van der Waals surface area contributed by atoms with E-state index in [-0.39, 0.29) is 6.04 Å². The van der Waals surface area contributed by atoms with Gasteiger partial charge < -0.3 is 5.32 Å². The van der Waals surface area contributed by atoms with Gasteiger partial charge in [-0.2, -0.15) is 5.10 Å². The molecule has 0 spiro atoms. The lowest BCUT2D eigenvalue weighted by atomic mass is 10.0. The predicted octanol–water partition coefficient (Wildman–Crippen LogP) is 3.76. The SMILES string of the molecule is CC(C)Cc1cc2n(n1)C(c1ccc(F)cc1F)CCN2. The number of hydrogen-bond donors (Lipinski definition) is 1. The lowest BCUT2D eigenvalue weighted by Gasteiger charge is -2.26. The number of nitrogens with zero attached hydrogens (tertiary/aromatic N) is 2. The first-order valence-electron chi connectivity index (χ1n) is 7.32. The summed E-state index contributed by atoms with van der Waals surface area (Å²) in [5, 5.41) is 7.90. The number of anilines is 1. The molecule has 0 amide bonds. The van der Waals surface area contributed by atoms with Gasteiger partial charge in [-0.25, -0.2) is 13.5 Å². The maximum Gasteiger partial charge on any atom is 0.131 e. The quantitative estimate of drug-likeness (QED) is 0.933. The normalized spacial score (nSPS) is 17.7. The van der Waals surface area contributed by atoms with Crippen molar-refractivity contribution in [3.63, 3.8) is 0 Å². The van der Waals surface area contributed by atoms with E-state index in [2.05, 4.69) is 24.3 Å². The fraction of sp³-hybridized carbons (Fsp3) is 0.438. The third-order valence-corrected chi connectivity index (χ3v) is 3.74. The van der Waals surface area contributed by atoms with Crippen LogP contribution in [0.3, 0.4) is 0 Å². The first kappa shape index (κ1) is 14.0. The summed E-state index contributed by atoms with van der Waals surface area (Å²) in [4.78, 5) is 0. The van der Waals surface area contributed by atoms with E-state index in [1.807, 2.05) is 10.7 Å². The Morgan fingerprint density at radius 3 is 2.86 bits per heavy atom. The van der Waals surface area contributed by atoms with E-state index >= 15 is 0 Å². The van der Waals surface area contributed by atoms with Gasteiger partial charge >= 0.3 is 0 Å². The topological polar surface area (TPSA) is 29.9 Å². The van der Waals surface area contributed by atoms with Crippen molar-refractivity contribution in [2.24, 2.45) is 5.92 Å². The number of benzene rings is 1. The molecule has 1 aliphatic heterocycles. The van der Waals surface area contributed by atoms with Crippen LogP contribution in [-0.2, 0) is 6.42 Å². The Hall–Kier alpha value is -1.91. The molecule has 0 bridgehead atoms. The van der Waals surface area contributed by atoms with Crippen LogP contribution in [0, 0.1) is 17.6 Å². The molecule has 3 nitrogen and oxygen atoms in total. The Labute approximate surface area is 123 Å². The molecule has 0 fully saturated rings. The Balaban J connectivity index is 1.98. The molecule has 0 saturated carbocycles. The van der Waals surface area contributed by atoms with Gasteiger partial charge in [-0.15, -0.1) is 0 Å². The van der Waals surface area contributed by atoms with Crippen LogP contribution in [0.15, 0.2) is 24.3 Å². The molecule has 3 rings (SSSR count). The van der Waals surface area contributed by atoms with Crippen LogP contribution >= 0.6 is 0 Å². The first-order chi connectivity index (χ1) is 10.0. The molecular weight excluding hydrogens is 272 g/mol. The van der Waals surface area contributed by atoms with E-state index in [1.165, 1.54) is 12.1 Å². The number of rotatable bonds is 3. The third kappa shape index (κ3) is 2.77. The molecule has 112 valence electrons. The van der Waals surface area contributed by atoms with Gasteiger partial charge in [0.1, 0.15) is 17.5 Å². The zero-order chi connectivity index (χ0) is 15.0. The van der Waals surface area contributed by atoms with Crippen LogP contribution in [0.4, 0.5) is 14.6 Å². The molecular formula is C16H19F2N3. The van der Waals surface area contributed by atoms with Gasteiger partial charge in [-0.1, -0.05) is 19.9 Å². The van der Waals surface area contributed by atoms with Crippen molar-refractivity contribution >= 4 is 5.82 Å². The largest absolute Gasteiger partial charge is 0.370 e. The Bertz CT molecular complexity index is 649. The zero-order valence-electron chi connectivity index (χ0n) is 12.2. The van der Waals surface area contributed by atoms with E-state index in [0.29, 0.717) is 11.5 Å². The maximum atomic E-state index is 14.0. The Morgan fingerprint density at radius 2 is 2.14 bits per heavy atom.